The van der Waals surface area contributed by atoms with Gasteiger partial charge in [-0.25, -0.2) is 0 Å². The molecule has 0 bridgehead atoms. The van der Waals surface area contributed by atoms with Crippen LogP contribution in [-0.4, -0.2) is 25.1 Å². The van der Waals surface area contributed by atoms with Gasteiger partial charge in [-0.05, 0) is 22.6 Å². The fourth-order valence-electron chi connectivity index (χ4n) is 1.05. The number of benzene rings is 1. The molecule has 82 valence electrons. The van der Waals surface area contributed by atoms with Crippen LogP contribution in [0.25, 0.3) is 0 Å². The Kier molecular flexibility index (Phi) is 2.46. The molecule has 0 saturated heterocycles. The van der Waals surface area contributed by atoms with Crippen LogP contribution in [0.2, 0.25) is 0 Å². The zero-order chi connectivity index (χ0) is 11.5. The number of nitro groups is 1. The van der Waals surface area contributed by atoms with Gasteiger partial charge < -0.3 is 4.74 Å². The van der Waals surface area contributed by atoms with Gasteiger partial charge in [0.25, 0.3) is 5.69 Å². The summed E-state index contributed by atoms with van der Waals surface area (Å²) in [7, 11) is 1.63. The van der Waals surface area contributed by atoms with E-state index < -0.39 is 4.92 Å². The number of non-ortho nitro benzene ring substituents is 1. The van der Waals surface area contributed by atoms with E-state index in [-0.39, 0.29) is 11.7 Å². The average molecular weight is 221 g/mol. The minimum Gasteiger partial charge on any atom is -0.423 e. The lowest BCUT2D eigenvalue weighted by atomic mass is 10.3. The van der Waals surface area contributed by atoms with Crippen LogP contribution in [0.1, 0.15) is 0 Å². The highest BCUT2D eigenvalue weighted by Crippen LogP contribution is 2.21. The standard InChI is InChI=1S/C8H7N5O3/c1-12-8(9-10-11-12)16-7-4-2-6(3-5-7)13(14)15/h2-5H,1H3. The van der Waals surface area contributed by atoms with Gasteiger partial charge in [-0.3, -0.25) is 10.1 Å². The maximum Gasteiger partial charge on any atom is 0.340 e. The van der Waals surface area contributed by atoms with Crippen molar-refractivity contribution in [1.82, 2.24) is 20.2 Å². The summed E-state index contributed by atoms with van der Waals surface area (Å²) in [5, 5.41) is 21.0. The summed E-state index contributed by atoms with van der Waals surface area (Å²) in [4.78, 5) is 9.93. The van der Waals surface area contributed by atoms with Gasteiger partial charge in [0.2, 0.25) is 0 Å². The van der Waals surface area contributed by atoms with Gasteiger partial charge in [0, 0.05) is 19.2 Å². The third-order valence-electron chi connectivity index (χ3n) is 1.84. The molecular weight excluding hydrogens is 214 g/mol. The Labute approximate surface area is 89.6 Å². The number of hydrogen-bond donors (Lipinski definition) is 0. The number of aryl methyl sites for hydroxylation is 1. The van der Waals surface area contributed by atoms with Crippen LogP contribution in [0.3, 0.4) is 0 Å². The summed E-state index contributed by atoms with van der Waals surface area (Å²) in [6, 6.07) is 5.87. The Morgan fingerprint density at radius 1 is 1.38 bits per heavy atom. The molecule has 0 aliphatic rings. The molecular formula is C8H7N5O3. The maximum absolute atomic E-state index is 10.4. The zero-order valence-electron chi connectivity index (χ0n) is 8.27. The van der Waals surface area contributed by atoms with Crippen LogP contribution in [0.15, 0.2) is 24.3 Å². The second kappa shape index (κ2) is 3.93. The van der Waals surface area contributed by atoms with Crippen molar-refractivity contribution in [3.63, 3.8) is 0 Å². The lowest BCUT2D eigenvalue weighted by Gasteiger charge is -2.01. The molecule has 1 aromatic heterocycles. The second-order valence-electron chi connectivity index (χ2n) is 2.94. The smallest absolute Gasteiger partial charge is 0.340 e. The molecule has 1 aromatic carbocycles. The van der Waals surface area contributed by atoms with Gasteiger partial charge in [-0.1, -0.05) is 5.10 Å². The Hall–Kier alpha value is -2.51. The van der Waals surface area contributed by atoms with Crippen LogP contribution in [-0.2, 0) is 7.05 Å². The van der Waals surface area contributed by atoms with E-state index in [2.05, 4.69) is 15.5 Å². The summed E-state index contributed by atoms with van der Waals surface area (Å²) in [6.45, 7) is 0. The molecule has 0 atom stereocenters. The molecule has 0 saturated carbocycles. The highest BCUT2D eigenvalue weighted by Gasteiger charge is 2.07. The number of rotatable bonds is 3. The molecule has 8 heteroatoms. The Morgan fingerprint density at radius 3 is 2.56 bits per heavy atom. The lowest BCUT2D eigenvalue weighted by molar-refractivity contribution is -0.384. The highest BCUT2D eigenvalue weighted by molar-refractivity contribution is 5.36. The molecule has 0 radical (unpaired) electrons. The monoisotopic (exact) mass is 221 g/mol. The molecule has 0 N–H and O–H groups in total. The van der Waals surface area contributed by atoms with E-state index in [1.807, 2.05) is 0 Å². The van der Waals surface area contributed by atoms with Gasteiger partial charge >= 0.3 is 6.01 Å². The predicted molar refractivity (Wildman–Crippen MR) is 52.0 cm³/mol. The summed E-state index contributed by atoms with van der Waals surface area (Å²) in [5.74, 6) is 0.434. The van der Waals surface area contributed by atoms with Crippen molar-refractivity contribution in [2.75, 3.05) is 0 Å². The van der Waals surface area contributed by atoms with Crippen molar-refractivity contribution < 1.29 is 9.66 Å². The molecule has 16 heavy (non-hydrogen) atoms. The number of nitrogens with zero attached hydrogens (tertiary/aromatic N) is 5. The van der Waals surface area contributed by atoms with E-state index in [1.54, 1.807) is 7.05 Å². The molecule has 0 fully saturated rings. The molecule has 0 unspecified atom stereocenters. The first-order chi connectivity index (χ1) is 7.66. The first-order valence-corrected chi connectivity index (χ1v) is 4.31. The van der Waals surface area contributed by atoms with E-state index >= 15 is 0 Å². The summed E-state index contributed by atoms with van der Waals surface area (Å²) >= 11 is 0. The van der Waals surface area contributed by atoms with Crippen LogP contribution in [0.5, 0.6) is 11.8 Å². The van der Waals surface area contributed by atoms with Crippen molar-refractivity contribution in [2.24, 2.45) is 7.05 Å². The SMILES string of the molecule is Cn1nnnc1Oc1ccc([N+](=O)[O-])cc1. The minimum atomic E-state index is -0.479. The van der Waals surface area contributed by atoms with Gasteiger partial charge in [0.15, 0.2) is 0 Å². The normalized spacial score (nSPS) is 10.1. The summed E-state index contributed by atoms with van der Waals surface area (Å²) in [5.41, 5.74) is 0.00319. The molecule has 2 rings (SSSR count). The Balaban J connectivity index is 2.17. The van der Waals surface area contributed by atoms with Gasteiger partial charge in [-0.2, -0.15) is 4.68 Å². The summed E-state index contributed by atoms with van der Waals surface area (Å²) < 4.78 is 6.64. The maximum atomic E-state index is 10.4. The molecule has 1 heterocycles. The summed E-state index contributed by atoms with van der Waals surface area (Å²) in [6.07, 6.45) is 0. The first kappa shape index (κ1) is 10.0. The van der Waals surface area contributed by atoms with Crippen molar-refractivity contribution in [1.29, 1.82) is 0 Å². The Morgan fingerprint density at radius 2 is 2.06 bits per heavy atom. The van der Waals surface area contributed by atoms with E-state index in [9.17, 15) is 10.1 Å². The third kappa shape index (κ3) is 1.95. The van der Waals surface area contributed by atoms with Crippen molar-refractivity contribution >= 4 is 5.69 Å². The van der Waals surface area contributed by atoms with Crippen molar-refractivity contribution in [3.05, 3.63) is 34.4 Å². The van der Waals surface area contributed by atoms with E-state index in [1.165, 1.54) is 28.9 Å². The third-order valence-corrected chi connectivity index (χ3v) is 1.84. The molecule has 0 spiro atoms. The second-order valence-corrected chi connectivity index (χ2v) is 2.94. The number of ether oxygens (including phenoxy) is 1. The zero-order valence-corrected chi connectivity index (χ0v) is 8.27. The van der Waals surface area contributed by atoms with E-state index in [0.29, 0.717) is 5.75 Å². The van der Waals surface area contributed by atoms with Crippen molar-refractivity contribution in [2.45, 2.75) is 0 Å². The lowest BCUT2D eigenvalue weighted by Crippen LogP contribution is -1.96. The molecule has 8 nitrogen and oxygen atoms in total. The van der Waals surface area contributed by atoms with E-state index in [4.69, 9.17) is 4.74 Å². The fourth-order valence-corrected chi connectivity index (χ4v) is 1.05. The fraction of sp³-hybridized carbons (Fsp3) is 0.125. The number of nitro benzene ring substituents is 1. The van der Waals surface area contributed by atoms with Crippen molar-refractivity contribution in [3.8, 4) is 11.8 Å². The molecule has 0 aliphatic heterocycles. The predicted octanol–water partition coefficient (Wildman–Crippen LogP) is 0.911. The average Bonchev–Trinajstić information content (AvgIpc) is 2.65. The van der Waals surface area contributed by atoms with Crippen LogP contribution < -0.4 is 4.74 Å². The van der Waals surface area contributed by atoms with Crippen LogP contribution in [0, 0.1) is 10.1 Å². The first-order valence-electron chi connectivity index (χ1n) is 4.31. The van der Waals surface area contributed by atoms with Gasteiger partial charge in [0.05, 0.1) is 4.92 Å². The number of aromatic nitrogens is 4. The number of hydrogen-bond acceptors (Lipinski definition) is 6. The van der Waals surface area contributed by atoms with Gasteiger partial charge in [-0.15, -0.1) is 0 Å². The molecule has 0 aliphatic carbocycles. The topological polar surface area (TPSA) is 96.0 Å². The van der Waals surface area contributed by atoms with Crippen LogP contribution >= 0.6 is 0 Å². The Bertz CT molecular complexity index is 507. The molecule has 0 amide bonds. The van der Waals surface area contributed by atoms with E-state index in [0.717, 1.165) is 0 Å². The largest absolute Gasteiger partial charge is 0.423 e. The minimum absolute atomic E-state index is 0.00319. The van der Waals surface area contributed by atoms with Gasteiger partial charge in [0.1, 0.15) is 5.75 Å². The highest BCUT2D eigenvalue weighted by atomic mass is 16.6. The quantitative estimate of drug-likeness (QED) is 0.564. The van der Waals surface area contributed by atoms with Crippen LogP contribution in [0.4, 0.5) is 5.69 Å². The number of tetrazole rings is 1. The molecule has 2 aromatic rings.